The molecule has 14 heavy (non-hydrogen) atoms. The summed E-state index contributed by atoms with van der Waals surface area (Å²) in [5.41, 5.74) is 0. The van der Waals surface area contributed by atoms with E-state index < -0.39 is 17.7 Å². The van der Waals surface area contributed by atoms with Crippen molar-refractivity contribution in [1.29, 1.82) is 5.26 Å². The number of ketones is 1. The van der Waals surface area contributed by atoms with Crippen molar-refractivity contribution in [2.24, 2.45) is 5.92 Å². The first kappa shape index (κ1) is 12.6. The molecule has 0 radical (unpaired) electrons. The number of carbonyl (C=O) groups is 2. The normalized spacial score (nSPS) is 11.5. The number of rotatable bonds is 6. The van der Waals surface area contributed by atoms with Gasteiger partial charge in [-0.3, -0.25) is 9.59 Å². The first-order valence-corrected chi connectivity index (χ1v) is 4.28. The van der Waals surface area contributed by atoms with E-state index in [0.29, 0.717) is 6.61 Å². The highest BCUT2D eigenvalue weighted by atomic mass is 16.6. The Balaban J connectivity index is 3.84. The Hall–Kier alpha value is -1.41. The zero-order valence-corrected chi connectivity index (χ0v) is 8.28. The molecule has 0 heterocycles. The van der Waals surface area contributed by atoms with Gasteiger partial charge in [-0.25, -0.2) is 0 Å². The number of hydrogen-bond acceptors (Lipinski definition) is 5. The lowest BCUT2D eigenvalue weighted by molar-refractivity contribution is -0.150. The van der Waals surface area contributed by atoms with Crippen LogP contribution in [0, 0.1) is 17.2 Å². The molecule has 78 valence electrons. The highest BCUT2D eigenvalue weighted by Gasteiger charge is 2.24. The Kier molecular flexibility index (Phi) is 6.33. The Morgan fingerprint density at radius 3 is 2.50 bits per heavy atom. The van der Waals surface area contributed by atoms with Gasteiger partial charge in [0.25, 0.3) is 0 Å². The number of Topliss-reactive ketones (excluding diaryl/α,β-unsaturated/α-hetero) is 1. The third-order valence-electron chi connectivity index (χ3n) is 1.45. The number of carbonyl (C=O) groups excluding carboxylic acids is 2. The number of ether oxygens (including phenoxy) is 2. The van der Waals surface area contributed by atoms with Gasteiger partial charge in [0.15, 0.2) is 5.78 Å². The van der Waals surface area contributed by atoms with E-state index in [9.17, 15) is 9.59 Å². The molecule has 5 heteroatoms. The molecule has 1 unspecified atom stereocenters. The van der Waals surface area contributed by atoms with Gasteiger partial charge < -0.3 is 9.47 Å². The third-order valence-corrected chi connectivity index (χ3v) is 1.45. The van der Waals surface area contributed by atoms with E-state index in [0.717, 1.165) is 0 Å². The summed E-state index contributed by atoms with van der Waals surface area (Å²) in [6.07, 6.45) is 0. The van der Waals surface area contributed by atoms with Gasteiger partial charge in [0.1, 0.15) is 6.61 Å². The largest absolute Gasteiger partial charge is 0.462 e. The van der Waals surface area contributed by atoms with Gasteiger partial charge in [-0.15, -0.1) is 0 Å². The van der Waals surface area contributed by atoms with Crippen molar-refractivity contribution in [2.45, 2.75) is 13.8 Å². The molecule has 0 rings (SSSR count). The lowest BCUT2D eigenvalue weighted by atomic mass is 10.1. The lowest BCUT2D eigenvalue weighted by Gasteiger charge is -2.06. The molecule has 5 nitrogen and oxygen atoms in total. The predicted octanol–water partition coefficient (Wildman–Crippen LogP) is 0.295. The maximum absolute atomic E-state index is 11.1. The summed E-state index contributed by atoms with van der Waals surface area (Å²) in [5.74, 6) is -2.62. The fourth-order valence-corrected chi connectivity index (χ4v) is 0.738. The van der Waals surface area contributed by atoms with Crippen LogP contribution in [0.2, 0.25) is 0 Å². The highest BCUT2D eigenvalue weighted by Crippen LogP contribution is 1.99. The highest BCUT2D eigenvalue weighted by molar-refractivity contribution is 6.00. The number of nitriles is 1. The smallest absolute Gasteiger partial charge is 0.331 e. The molecule has 0 fully saturated rings. The SMILES string of the molecule is CCOCCOC(=O)C(C#N)C(C)=O. The molecule has 0 aliphatic rings. The van der Waals surface area contributed by atoms with Crippen molar-refractivity contribution in [3.05, 3.63) is 0 Å². The number of nitrogens with zero attached hydrogens (tertiary/aromatic N) is 1. The molecule has 0 aliphatic carbocycles. The van der Waals surface area contributed by atoms with Gasteiger partial charge in [-0.05, 0) is 13.8 Å². The van der Waals surface area contributed by atoms with E-state index in [1.54, 1.807) is 6.07 Å². The molecular formula is C9H13NO4. The maximum Gasteiger partial charge on any atom is 0.331 e. The van der Waals surface area contributed by atoms with E-state index in [4.69, 9.17) is 10.00 Å². The summed E-state index contributed by atoms with van der Waals surface area (Å²) in [7, 11) is 0. The van der Waals surface area contributed by atoms with Crippen molar-refractivity contribution in [3.63, 3.8) is 0 Å². The van der Waals surface area contributed by atoms with Crippen molar-refractivity contribution in [1.82, 2.24) is 0 Å². The summed E-state index contributed by atoms with van der Waals surface area (Å²) in [4.78, 5) is 21.8. The minimum Gasteiger partial charge on any atom is -0.462 e. The average molecular weight is 199 g/mol. The third kappa shape index (κ3) is 4.58. The van der Waals surface area contributed by atoms with Crippen molar-refractivity contribution >= 4 is 11.8 Å². The molecule has 0 saturated carbocycles. The Morgan fingerprint density at radius 1 is 1.43 bits per heavy atom. The van der Waals surface area contributed by atoms with Crippen LogP contribution < -0.4 is 0 Å². The summed E-state index contributed by atoms with van der Waals surface area (Å²) in [6, 6.07) is 1.58. The number of esters is 1. The van der Waals surface area contributed by atoms with Crippen LogP contribution in [-0.2, 0) is 19.1 Å². The zero-order chi connectivity index (χ0) is 11.0. The lowest BCUT2D eigenvalue weighted by Crippen LogP contribution is -2.24. The topological polar surface area (TPSA) is 76.4 Å². The molecule has 0 N–H and O–H groups in total. The van der Waals surface area contributed by atoms with Gasteiger partial charge >= 0.3 is 5.97 Å². The quantitative estimate of drug-likeness (QED) is 0.349. The van der Waals surface area contributed by atoms with Crippen LogP contribution >= 0.6 is 0 Å². The van der Waals surface area contributed by atoms with Crippen LogP contribution in [0.3, 0.4) is 0 Å². The Bertz CT molecular complexity index is 244. The molecular weight excluding hydrogens is 186 g/mol. The predicted molar refractivity (Wildman–Crippen MR) is 47.2 cm³/mol. The second kappa shape index (κ2) is 7.04. The molecule has 0 aliphatic heterocycles. The molecule has 0 saturated heterocycles. The van der Waals surface area contributed by atoms with Gasteiger partial charge in [-0.1, -0.05) is 0 Å². The Morgan fingerprint density at radius 2 is 2.07 bits per heavy atom. The summed E-state index contributed by atoms with van der Waals surface area (Å²) < 4.78 is 9.56. The second-order valence-electron chi connectivity index (χ2n) is 2.54. The van der Waals surface area contributed by atoms with Crippen LogP contribution in [0.15, 0.2) is 0 Å². The fraction of sp³-hybridized carbons (Fsp3) is 0.667. The molecule has 1 atom stereocenters. The summed E-state index contributed by atoms with van der Waals surface area (Å²) in [6.45, 7) is 3.87. The first-order chi connectivity index (χ1) is 6.63. The summed E-state index contributed by atoms with van der Waals surface area (Å²) in [5, 5.41) is 8.47. The molecule has 0 amide bonds. The van der Waals surface area contributed by atoms with E-state index in [-0.39, 0.29) is 13.2 Å². The Labute approximate surface area is 82.6 Å². The number of hydrogen-bond donors (Lipinski definition) is 0. The van der Waals surface area contributed by atoms with Crippen molar-refractivity contribution in [2.75, 3.05) is 19.8 Å². The van der Waals surface area contributed by atoms with Crippen LogP contribution in [0.4, 0.5) is 0 Å². The fourth-order valence-electron chi connectivity index (χ4n) is 0.738. The minimum atomic E-state index is -1.31. The van der Waals surface area contributed by atoms with E-state index >= 15 is 0 Å². The van der Waals surface area contributed by atoms with Crippen molar-refractivity contribution in [3.8, 4) is 6.07 Å². The molecule has 0 aromatic rings. The summed E-state index contributed by atoms with van der Waals surface area (Å²) >= 11 is 0. The van der Waals surface area contributed by atoms with Crippen LogP contribution in [0.5, 0.6) is 0 Å². The van der Waals surface area contributed by atoms with E-state index in [1.807, 2.05) is 6.92 Å². The second-order valence-corrected chi connectivity index (χ2v) is 2.54. The molecule has 0 aromatic heterocycles. The monoisotopic (exact) mass is 199 g/mol. The van der Waals surface area contributed by atoms with Crippen LogP contribution in [-0.4, -0.2) is 31.6 Å². The van der Waals surface area contributed by atoms with Crippen LogP contribution in [0.1, 0.15) is 13.8 Å². The molecule has 0 spiro atoms. The van der Waals surface area contributed by atoms with Crippen LogP contribution in [0.25, 0.3) is 0 Å². The maximum atomic E-state index is 11.1. The standard InChI is InChI=1S/C9H13NO4/c1-3-13-4-5-14-9(12)8(6-10)7(2)11/h8H,3-5H2,1-2H3. The van der Waals surface area contributed by atoms with E-state index in [1.165, 1.54) is 6.92 Å². The van der Waals surface area contributed by atoms with Gasteiger partial charge in [0, 0.05) is 6.61 Å². The van der Waals surface area contributed by atoms with Crippen molar-refractivity contribution < 1.29 is 19.1 Å². The van der Waals surface area contributed by atoms with E-state index in [2.05, 4.69) is 4.74 Å². The van der Waals surface area contributed by atoms with Gasteiger partial charge in [-0.2, -0.15) is 5.26 Å². The van der Waals surface area contributed by atoms with Gasteiger partial charge in [0.05, 0.1) is 12.7 Å². The molecule has 0 aromatic carbocycles. The minimum absolute atomic E-state index is 0.0676. The zero-order valence-electron chi connectivity index (χ0n) is 8.28. The average Bonchev–Trinajstić information content (AvgIpc) is 2.13. The van der Waals surface area contributed by atoms with Gasteiger partial charge in [0.2, 0.25) is 5.92 Å². The first-order valence-electron chi connectivity index (χ1n) is 4.28. The molecule has 0 bridgehead atoms.